The molecule has 1 fully saturated rings. The van der Waals surface area contributed by atoms with Crippen LogP contribution < -0.4 is 10.8 Å². The monoisotopic (exact) mass is 400 g/mol. The fraction of sp³-hybridized carbons (Fsp3) is 0.300. The number of hydrogen-bond acceptors (Lipinski definition) is 5. The second kappa shape index (κ2) is 7.79. The van der Waals surface area contributed by atoms with Crippen LogP contribution in [0.1, 0.15) is 41.6 Å². The minimum atomic E-state index is -0.681. The van der Waals surface area contributed by atoms with Crippen LogP contribution in [-0.4, -0.2) is 33.1 Å². The molecule has 1 aliphatic carbocycles. The molecule has 28 heavy (non-hydrogen) atoms. The third-order valence-electron chi connectivity index (χ3n) is 4.61. The molecule has 0 unspecified atom stereocenters. The summed E-state index contributed by atoms with van der Waals surface area (Å²) < 4.78 is 1.77. The van der Waals surface area contributed by atoms with E-state index < -0.39 is 12.0 Å². The maximum Gasteiger partial charge on any atom is 0.278 e. The lowest BCUT2D eigenvalue weighted by Crippen LogP contribution is -2.27. The number of aliphatic hydroxyl groups excluding tert-OH is 1. The molecule has 1 aromatic carbocycles. The van der Waals surface area contributed by atoms with E-state index in [0.717, 1.165) is 5.52 Å². The van der Waals surface area contributed by atoms with Gasteiger partial charge in [0.2, 0.25) is 0 Å². The summed E-state index contributed by atoms with van der Waals surface area (Å²) in [5.74, 6) is 0.706. The highest BCUT2D eigenvalue weighted by molar-refractivity contribution is 6.33. The highest BCUT2D eigenvalue weighted by Gasteiger charge is 2.24. The number of carbonyl (C=O) groups is 1. The number of carbonyl (C=O) groups excluding carboxylic acids is 1. The topological polar surface area (TPSA) is 87.9 Å². The molecule has 2 aromatic heterocycles. The Balaban J connectivity index is 1.64. The van der Waals surface area contributed by atoms with E-state index in [2.05, 4.69) is 21.8 Å². The number of anilines is 2. The molecule has 8 heteroatoms. The fourth-order valence-corrected chi connectivity index (χ4v) is 3.27. The van der Waals surface area contributed by atoms with E-state index in [9.17, 15) is 9.90 Å². The second-order valence-corrected chi connectivity index (χ2v) is 7.42. The van der Waals surface area contributed by atoms with Crippen molar-refractivity contribution in [2.75, 3.05) is 11.9 Å². The second-order valence-electron chi connectivity index (χ2n) is 7.01. The minimum Gasteiger partial charge on any atom is -0.391 e. The number of amides is 1. The number of hydrogen-bond donors (Lipinski definition) is 3. The smallest absolute Gasteiger partial charge is 0.278 e. The first-order chi connectivity index (χ1) is 13.5. The van der Waals surface area contributed by atoms with Gasteiger partial charge in [0.05, 0.1) is 27.9 Å². The average molecular weight is 401 g/mol. The zero-order valence-corrected chi connectivity index (χ0v) is 16.1. The predicted octanol–water partition coefficient (Wildman–Crippen LogP) is 3.65. The Bertz CT molecular complexity index is 1010. The lowest BCUT2D eigenvalue weighted by Gasteiger charge is -2.13. The number of hydroxylamine groups is 1. The third-order valence-corrected chi connectivity index (χ3v) is 4.92. The normalized spacial score (nSPS) is 14.8. The van der Waals surface area contributed by atoms with Gasteiger partial charge in [-0.15, -0.1) is 0 Å². The molecule has 4 rings (SSSR count). The summed E-state index contributed by atoms with van der Waals surface area (Å²) in [6.45, 7) is 1.57. The van der Waals surface area contributed by atoms with Crippen molar-refractivity contribution in [2.24, 2.45) is 0 Å². The van der Waals surface area contributed by atoms with E-state index in [4.69, 9.17) is 16.4 Å². The number of nitrogens with zero attached hydrogens (tertiary/aromatic N) is 2. The third kappa shape index (κ3) is 3.96. The molecule has 0 bridgehead atoms. The van der Waals surface area contributed by atoms with Crippen LogP contribution in [0, 0.1) is 0 Å². The summed E-state index contributed by atoms with van der Waals surface area (Å²) in [6, 6.07) is 9.50. The number of nitrogens with one attached hydrogen (secondary N) is 2. The van der Waals surface area contributed by atoms with Gasteiger partial charge in [-0.05, 0) is 55.5 Å². The van der Waals surface area contributed by atoms with Crippen LogP contribution in [0.2, 0.25) is 5.02 Å². The van der Waals surface area contributed by atoms with Crippen molar-refractivity contribution in [3.05, 3.63) is 59.0 Å². The van der Waals surface area contributed by atoms with Gasteiger partial charge in [-0.25, -0.2) is 10.5 Å². The molecule has 0 aliphatic heterocycles. The van der Waals surface area contributed by atoms with E-state index in [1.807, 2.05) is 12.1 Å². The van der Waals surface area contributed by atoms with Gasteiger partial charge in [-0.2, -0.15) is 0 Å². The van der Waals surface area contributed by atoms with Gasteiger partial charge < -0.3 is 10.4 Å². The molecule has 3 aromatic rings. The Labute approximate surface area is 167 Å². The van der Waals surface area contributed by atoms with Crippen molar-refractivity contribution in [2.45, 2.75) is 31.8 Å². The average Bonchev–Trinajstić information content (AvgIpc) is 3.45. The maximum atomic E-state index is 12.6. The predicted molar refractivity (Wildman–Crippen MR) is 107 cm³/mol. The minimum absolute atomic E-state index is 0.00210. The van der Waals surface area contributed by atoms with Gasteiger partial charge in [0.1, 0.15) is 18.8 Å². The molecule has 1 aliphatic rings. The molecule has 0 spiro atoms. The van der Waals surface area contributed by atoms with E-state index in [0.29, 0.717) is 28.0 Å². The van der Waals surface area contributed by atoms with Crippen molar-refractivity contribution < 1.29 is 14.7 Å². The molecule has 1 atom stereocenters. The summed E-state index contributed by atoms with van der Waals surface area (Å²) in [6.07, 6.45) is 5.00. The summed E-state index contributed by atoms with van der Waals surface area (Å²) in [5, 5.41) is 13.1. The van der Waals surface area contributed by atoms with Crippen LogP contribution in [0.4, 0.5) is 11.5 Å². The summed E-state index contributed by atoms with van der Waals surface area (Å²) in [4.78, 5) is 21.8. The van der Waals surface area contributed by atoms with Crippen molar-refractivity contribution in [3.8, 4) is 0 Å². The number of aliphatic hydroxyl groups is 1. The Kier molecular flexibility index (Phi) is 5.21. The van der Waals surface area contributed by atoms with Crippen LogP contribution in [0.3, 0.4) is 0 Å². The Hall–Kier alpha value is -2.61. The molecule has 2 heterocycles. The van der Waals surface area contributed by atoms with Crippen molar-refractivity contribution in [3.63, 3.8) is 0 Å². The van der Waals surface area contributed by atoms with E-state index >= 15 is 0 Å². The quantitative estimate of drug-likeness (QED) is 0.527. The van der Waals surface area contributed by atoms with Crippen molar-refractivity contribution in [1.29, 1.82) is 0 Å². The first-order valence-corrected chi connectivity index (χ1v) is 9.52. The number of rotatable bonds is 7. The number of halogens is 1. The largest absolute Gasteiger partial charge is 0.391 e. The Morgan fingerprint density at radius 3 is 2.93 bits per heavy atom. The maximum absolute atomic E-state index is 12.6. The number of aromatic nitrogens is 2. The van der Waals surface area contributed by atoms with Gasteiger partial charge in [-0.1, -0.05) is 17.7 Å². The Morgan fingerprint density at radius 1 is 1.39 bits per heavy atom. The molecular formula is C20H21ClN4O3. The standard InChI is InChI=1S/C20H21ClN4O3/c1-12(26)10-28-24-20(27)16-9-15-6-7-22-11-25(15)19(16)23-18-5-4-14(8-17(18)21)13-2-3-13/h4-9,11-13,23,26H,2-3,10H2,1H3,(H,24,27)/t12-/m0/s1. The molecule has 1 saturated carbocycles. The first kappa shape index (κ1) is 18.7. The number of fused-ring (bicyclic) bond motifs is 1. The zero-order valence-electron chi connectivity index (χ0n) is 15.4. The molecule has 0 radical (unpaired) electrons. The van der Waals surface area contributed by atoms with Crippen LogP contribution in [-0.2, 0) is 4.84 Å². The SMILES string of the molecule is C[C@H](O)CONC(=O)c1cc2ccncn2c1Nc1ccc(C2CC2)cc1Cl. The van der Waals surface area contributed by atoms with Crippen LogP contribution >= 0.6 is 11.6 Å². The van der Waals surface area contributed by atoms with E-state index in [-0.39, 0.29) is 6.61 Å². The van der Waals surface area contributed by atoms with Crippen LogP contribution in [0.5, 0.6) is 0 Å². The highest BCUT2D eigenvalue weighted by atomic mass is 35.5. The van der Waals surface area contributed by atoms with Crippen molar-refractivity contribution >= 4 is 34.5 Å². The zero-order chi connectivity index (χ0) is 19.7. The molecular weight excluding hydrogens is 380 g/mol. The van der Waals surface area contributed by atoms with Gasteiger partial charge in [0, 0.05) is 6.20 Å². The molecule has 1 amide bonds. The fourth-order valence-electron chi connectivity index (χ4n) is 3.04. The molecule has 7 nitrogen and oxygen atoms in total. The summed E-state index contributed by atoms with van der Waals surface area (Å²) >= 11 is 6.48. The van der Waals surface area contributed by atoms with E-state index in [1.165, 1.54) is 18.4 Å². The van der Waals surface area contributed by atoms with Crippen LogP contribution in [0.25, 0.3) is 5.52 Å². The van der Waals surface area contributed by atoms with Gasteiger partial charge in [0.15, 0.2) is 0 Å². The van der Waals surface area contributed by atoms with Crippen molar-refractivity contribution in [1.82, 2.24) is 14.9 Å². The van der Waals surface area contributed by atoms with E-state index in [1.54, 1.807) is 36.0 Å². The highest BCUT2D eigenvalue weighted by Crippen LogP contribution is 2.42. The van der Waals surface area contributed by atoms with Gasteiger partial charge >= 0.3 is 0 Å². The molecule has 146 valence electrons. The molecule has 0 saturated heterocycles. The summed E-state index contributed by atoms with van der Waals surface area (Å²) in [5.41, 5.74) is 5.47. The van der Waals surface area contributed by atoms with Gasteiger partial charge in [0.25, 0.3) is 5.91 Å². The lowest BCUT2D eigenvalue weighted by molar-refractivity contribution is -0.00681. The summed E-state index contributed by atoms with van der Waals surface area (Å²) in [7, 11) is 0. The Morgan fingerprint density at radius 2 is 2.21 bits per heavy atom. The van der Waals surface area contributed by atoms with Gasteiger partial charge in [-0.3, -0.25) is 14.0 Å². The molecule has 3 N–H and O–H groups in total. The van der Waals surface area contributed by atoms with Crippen LogP contribution in [0.15, 0.2) is 42.9 Å². The first-order valence-electron chi connectivity index (χ1n) is 9.14. The number of benzene rings is 1. The lowest BCUT2D eigenvalue weighted by atomic mass is 10.1.